The summed E-state index contributed by atoms with van der Waals surface area (Å²) in [6.07, 6.45) is 1.59. The van der Waals surface area contributed by atoms with E-state index in [1.807, 2.05) is 31.0 Å². The summed E-state index contributed by atoms with van der Waals surface area (Å²) in [7, 11) is 3.74. The highest BCUT2D eigenvalue weighted by Crippen LogP contribution is 2.27. The number of aliphatic hydroxyl groups is 1. The predicted molar refractivity (Wildman–Crippen MR) is 76.1 cm³/mol. The van der Waals surface area contributed by atoms with Crippen LogP contribution in [0.5, 0.6) is 0 Å². The average Bonchev–Trinajstić information content (AvgIpc) is 2.72. The highest BCUT2D eigenvalue weighted by atomic mass is 16.3. The van der Waals surface area contributed by atoms with Crippen molar-refractivity contribution in [2.24, 2.45) is 5.92 Å². The molecule has 1 heterocycles. The third kappa shape index (κ3) is 4.08. The van der Waals surface area contributed by atoms with Gasteiger partial charge in [-0.05, 0) is 44.9 Å². The molecule has 1 aromatic rings. The molecule has 1 N–H and O–H groups in total. The summed E-state index contributed by atoms with van der Waals surface area (Å²) >= 11 is 0. The van der Waals surface area contributed by atoms with Crippen LogP contribution in [0.1, 0.15) is 24.4 Å². The van der Waals surface area contributed by atoms with Gasteiger partial charge in [0.05, 0.1) is 19.2 Å². The van der Waals surface area contributed by atoms with E-state index in [4.69, 9.17) is 4.42 Å². The zero-order chi connectivity index (χ0) is 14.7. The van der Waals surface area contributed by atoms with Gasteiger partial charge < -0.3 is 14.4 Å². The Morgan fingerprint density at radius 2 is 2.10 bits per heavy atom. The number of nitrogens with zero attached hydrogens (tertiary/aromatic N) is 2. The molecule has 1 saturated carbocycles. The number of hydrogen-bond acceptors (Lipinski definition) is 4. The first-order chi connectivity index (χ1) is 9.44. The first kappa shape index (κ1) is 15.1. The van der Waals surface area contributed by atoms with Crippen LogP contribution in [0.4, 0.5) is 0 Å². The van der Waals surface area contributed by atoms with Gasteiger partial charge in [-0.2, -0.15) is 0 Å². The van der Waals surface area contributed by atoms with Gasteiger partial charge in [-0.3, -0.25) is 9.69 Å². The third-order valence-corrected chi connectivity index (χ3v) is 3.80. The number of amides is 1. The fourth-order valence-electron chi connectivity index (χ4n) is 2.60. The SMILES string of the molecule is Cc1ccc(CN(C)C(=O)CN(C)CC2CC(O)C2)o1. The molecule has 0 spiro atoms. The van der Waals surface area contributed by atoms with Crippen LogP contribution >= 0.6 is 0 Å². The minimum absolute atomic E-state index is 0.0847. The second-order valence-electron chi connectivity index (χ2n) is 5.95. The van der Waals surface area contributed by atoms with Gasteiger partial charge in [0.25, 0.3) is 0 Å². The minimum atomic E-state index is -0.131. The van der Waals surface area contributed by atoms with E-state index in [0.29, 0.717) is 19.0 Å². The molecule has 1 amide bonds. The molecule has 0 aromatic carbocycles. The van der Waals surface area contributed by atoms with Crippen molar-refractivity contribution in [2.75, 3.05) is 27.2 Å². The van der Waals surface area contributed by atoms with Crippen molar-refractivity contribution in [1.29, 1.82) is 0 Å². The molecule has 0 radical (unpaired) electrons. The number of hydrogen-bond donors (Lipinski definition) is 1. The van der Waals surface area contributed by atoms with Gasteiger partial charge in [0.2, 0.25) is 5.91 Å². The maximum absolute atomic E-state index is 12.1. The van der Waals surface area contributed by atoms with Gasteiger partial charge in [0.15, 0.2) is 0 Å². The van der Waals surface area contributed by atoms with Crippen LogP contribution in [0.3, 0.4) is 0 Å². The zero-order valence-electron chi connectivity index (χ0n) is 12.5. The first-order valence-corrected chi connectivity index (χ1v) is 7.10. The van der Waals surface area contributed by atoms with Crippen LogP contribution < -0.4 is 0 Å². The number of carbonyl (C=O) groups excluding carboxylic acids is 1. The molecule has 1 aromatic heterocycles. The largest absolute Gasteiger partial charge is 0.464 e. The molecule has 1 fully saturated rings. The van der Waals surface area contributed by atoms with E-state index in [2.05, 4.69) is 0 Å². The highest BCUT2D eigenvalue weighted by Gasteiger charge is 2.28. The molecular weight excluding hydrogens is 256 g/mol. The van der Waals surface area contributed by atoms with Crippen LogP contribution in [0.25, 0.3) is 0 Å². The van der Waals surface area contributed by atoms with Crippen LogP contribution in [-0.4, -0.2) is 54.1 Å². The van der Waals surface area contributed by atoms with Crippen molar-refractivity contribution >= 4 is 5.91 Å². The normalized spacial score (nSPS) is 21.9. The van der Waals surface area contributed by atoms with Crippen LogP contribution in [-0.2, 0) is 11.3 Å². The van der Waals surface area contributed by atoms with Crippen molar-refractivity contribution in [3.8, 4) is 0 Å². The van der Waals surface area contributed by atoms with Crippen LogP contribution in [0.15, 0.2) is 16.5 Å². The smallest absolute Gasteiger partial charge is 0.236 e. The van der Waals surface area contributed by atoms with Gasteiger partial charge >= 0.3 is 0 Å². The maximum atomic E-state index is 12.1. The van der Waals surface area contributed by atoms with E-state index in [1.165, 1.54) is 0 Å². The molecule has 0 bridgehead atoms. The summed E-state index contributed by atoms with van der Waals surface area (Å²) in [4.78, 5) is 15.8. The third-order valence-electron chi connectivity index (χ3n) is 3.80. The van der Waals surface area contributed by atoms with Crippen molar-refractivity contribution in [3.05, 3.63) is 23.7 Å². The highest BCUT2D eigenvalue weighted by molar-refractivity contribution is 5.77. The molecule has 0 aliphatic heterocycles. The molecule has 0 saturated heterocycles. The number of rotatable bonds is 6. The van der Waals surface area contributed by atoms with Gasteiger partial charge in [-0.15, -0.1) is 0 Å². The number of aliphatic hydroxyl groups excluding tert-OH is 1. The molecule has 112 valence electrons. The van der Waals surface area contributed by atoms with E-state index in [1.54, 1.807) is 11.9 Å². The number of furan rings is 1. The average molecular weight is 280 g/mol. The van der Waals surface area contributed by atoms with Crippen molar-refractivity contribution in [3.63, 3.8) is 0 Å². The fraction of sp³-hybridized carbons (Fsp3) is 0.667. The Morgan fingerprint density at radius 1 is 1.40 bits per heavy atom. The summed E-state index contributed by atoms with van der Waals surface area (Å²) in [6, 6.07) is 3.81. The topological polar surface area (TPSA) is 56.9 Å². The second kappa shape index (κ2) is 6.41. The Hall–Kier alpha value is -1.33. The molecule has 2 rings (SSSR count). The monoisotopic (exact) mass is 280 g/mol. The van der Waals surface area contributed by atoms with E-state index in [9.17, 15) is 9.90 Å². The zero-order valence-corrected chi connectivity index (χ0v) is 12.5. The molecular formula is C15H24N2O3. The van der Waals surface area contributed by atoms with Gasteiger partial charge in [-0.1, -0.05) is 0 Å². The number of carbonyl (C=O) groups is 1. The summed E-state index contributed by atoms with van der Waals surface area (Å²) < 4.78 is 5.48. The molecule has 1 aliphatic rings. The van der Waals surface area contributed by atoms with Crippen LogP contribution in [0.2, 0.25) is 0 Å². The summed E-state index contributed by atoms with van der Waals surface area (Å²) in [5.41, 5.74) is 0. The van der Waals surface area contributed by atoms with E-state index >= 15 is 0 Å². The van der Waals surface area contributed by atoms with Crippen molar-refractivity contribution in [2.45, 2.75) is 32.4 Å². The number of likely N-dealkylation sites (N-methyl/N-ethyl adjacent to an activating group) is 2. The summed E-state index contributed by atoms with van der Waals surface area (Å²) in [5.74, 6) is 2.28. The first-order valence-electron chi connectivity index (χ1n) is 7.10. The summed E-state index contributed by atoms with van der Waals surface area (Å²) in [6.45, 7) is 3.67. The molecule has 5 nitrogen and oxygen atoms in total. The molecule has 0 atom stereocenters. The Bertz CT molecular complexity index is 452. The fourth-order valence-corrected chi connectivity index (χ4v) is 2.60. The molecule has 20 heavy (non-hydrogen) atoms. The quantitative estimate of drug-likeness (QED) is 0.852. The van der Waals surface area contributed by atoms with Gasteiger partial charge in [-0.25, -0.2) is 0 Å². The Morgan fingerprint density at radius 3 is 2.65 bits per heavy atom. The Balaban J connectivity index is 1.72. The number of aryl methyl sites for hydroxylation is 1. The maximum Gasteiger partial charge on any atom is 0.236 e. The molecule has 0 unspecified atom stereocenters. The van der Waals surface area contributed by atoms with Crippen LogP contribution in [0, 0.1) is 12.8 Å². The summed E-state index contributed by atoms with van der Waals surface area (Å²) in [5, 5.41) is 9.26. The van der Waals surface area contributed by atoms with E-state index < -0.39 is 0 Å². The van der Waals surface area contributed by atoms with Crippen molar-refractivity contribution in [1.82, 2.24) is 9.80 Å². The predicted octanol–water partition coefficient (Wildman–Crippen LogP) is 1.25. The molecule has 1 aliphatic carbocycles. The van der Waals surface area contributed by atoms with Gasteiger partial charge in [0, 0.05) is 13.6 Å². The lowest BCUT2D eigenvalue weighted by Crippen LogP contribution is -2.41. The lowest BCUT2D eigenvalue weighted by molar-refractivity contribution is -0.131. The van der Waals surface area contributed by atoms with E-state index in [-0.39, 0.29) is 12.0 Å². The van der Waals surface area contributed by atoms with E-state index in [0.717, 1.165) is 30.9 Å². The van der Waals surface area contributed by atoms with Crippen molar-refractivity contribution < 1.29 is 14.3 Å². The lowest BCUT2D eigenvalue weighted by Gasteiger charge is -2.34. The molecule has 5 heteroatoms. The second-order valence-corrected chi connectivity index (χ2v) is 5.95. The Kier molecular flexibility index (Phi) is 4.83. The minimum Gasteiger partial charge on any atom is -0.464 e. The van der Waals surface area contributed by atoms with Gasteiger partial charge in [0.1, 0.15) is 11.5 Å². The standard InChI is InChI=1S/C15H24N2O3/c1-11-4-5-14(20-11)9-17(3)15(19)10-16(2)8-12-6-13(18)7-12/h4-5,12-13,18H,6-10H2,1-3H3. The Labute approximate surface area is 120 Å². The lowest BCUT2D eigenvalue weighted by atomic mass is 9.82.